The highest BCUT2D eigenvalue weighted by Crippen LogP contribution is 2.36. The lowest BCUT2D eigenvalue weighted by molar-refractivity contribution is -0.120. The molecule has 1 saturated heterocycles. The number of fused-ring (bicyclic) bond motifs is 1. The summed E-state index contributed by atoms with van der Waals surface area (Å²) in [7, 11) is 0. The number of thioether (sulfide) groups is 1. The van der Waals surface area contributed by atoms with Gasteiger partial charge < -0.3 is 10.4 Å². The van der Waals surface area contributed by atoms with Crippen molar-refractivity contribution < 1.29 is 9.90 Å². The number of carbonyl (C=O) groups excluding carboxylic acids is 1. The van der Waals surface area contributed by atoms with Crippen LogP contribution in [0.1, 0.15) is 19.3 Å². The van der Waals surface area contributed by atoms with Crippen LogP contribution in [0.15, 0.2) is 41.3 Å². The molecule has 3 rings (SSSR count). The normalized spacial score (nSPS) is 19.6. The van der Waals surface area contributed by atoms with Crippen molar-refractivity contribution in [2.24, 2.45) is 0 Å². The average molecular weight is 287 g/mol. The van der Waals surface area contributed by atoms with Crippen LogP contribution in [0.5, 0.6) is 5.75 Å². The molecule has 2 aromatic rings. The van der Waals surface area contributed by atoms with Crippen LogP contribution in [0.3, 0.4) is 0 Å². The van der Waals surface area contributed by atoms with Gasteiger partial charge in [-0.3, -0.25) is 4.79 Å². The number of carbonyl (C=O) groups is 1. The summed E-state index contributed by atoms with van der Waals surface area (Å²) >= 11 is 1.60. The molecule has 0 bridgehead atoms. The molecule has 1 atom stereocenters. The van der Waals surface area contributed by atoms with Crippen LogP contribution in [0.2, 0.25) is 0 Å². The molecule has 0 saturated carbocycles. The summed E-state index contributed by atoms with van der Waals surface area (Å²) in [6.07, 6.45) is 3.04. The molecule has 1 heterocycles. The Kier molecular flexibility index (Phi) is 3.83. The van der Waals surface area contributed by atoms with E-state index in [1.165, 1.54) is 0 Å². The summed E-state index contributed by atoms with van der Waals surface area (Å²) < 4.78 is 0. The van der Waals surface area contributed by atoms with E-state index in [1.54, 1.807) is 17.8 Å². The zero-order valence-electron chi connectivity index (χ0n) is 11.1. The van der Waals surface area contributed by atoms with Gasteiger partial charge in [-0.15, -0.1) is 11.8 Å². The van der Waals surface area contributed by atoms with Crippen molar-refractivity contribution in [2.75, 3.05) is 6.54 Å². The van der Waals surface area contributed by atoms with Crippen LogP contribution in [0.4, 0.5) is 0 Å². The first kappa shape index (κ1) is 13.3. The van der Waals surface area contributed by atoms with E-state index < -0.39 is 0 Å². The minimum absolute atomic E-state index is 0.0366. The van der Waals surface area contributed by atoms with Gasteiger partial charge in [0.2, 0.25) is 5.91 Å². The molecule has 1 aliphatic heterocycles. The number of rotatable bonds is 2. The Labute approximate surface area is 122 Å². The van der Waals surface area contributed by atoms with Crippen molar-refractivity contribution in [1.82, 2.24) is 5.32 Å². The number of phenolic OH excluding ortho intramolecular Hbond substituents is 1. The number of phenols is 1. The van der Waals surface area contributed by atoms with Crippen molar-refractivity contribution in [3.05, 3.63) is 36.4 Å². The summed E-state index contributed by atoms with van der Waals surface area (Å²) in [6, 6.07) is 11.4. The smallest absolute Gasteiger partial charge is 0.233 e. The molecular weight excluding hydrogens is 270 g/mol. The monoisotopic (exact) mass is 287 g/mol. The number of hydrogen-bond acceptors (Lipinski definition) is 3. The molecule has 1 unspecified atom stereocenters. The second-order valence-corrected chi connectivity index (χ2v) is 6.27. The van der Waals surface area contributed by atoms with Crippen molar-refractivity contribution in [1.29, 1.82) is 0 Å². The van der Waals surface area contributed by atoms with Gasteiger partial charge in [-0.25, -0.2) is 0 Å². The van der Waals surface area contributed by atoms with Crippen LogP contribution in [0, 0.1) is 0 Å². The molecule has 0 radical (unpaired) electrons. The molecule has 0 aliphatic carbocycles. The number of hydrogen-bond donors (Lipinski definition) is 2. The summed E-state index contributed by atoms with van der Waals surface area (Å²) in [5, 5.41) is 14.7. The molecule has 0 aromatic heterocycles. The fourth-order valence-electron chi connectivity index (χ4n) is 2.54. The third-order valence-electron chi connectivity index (χ3n) is 3.62. The Bertz CT molecular complexity index is 641. The van der Waals surface area contributed by atoms with E-state index in [0.29, 0.717) is 0 Å². The second-order valence-electron chi connectivity index (χ2n) is 5.02. The van der Waals surface area contributed by atoms with Crippen LogP contribution in [-0.4, -0.2) is 22.8 Å². The minimum Gasteiger partial charge on any atom is -0.507 e. The van der Waals surface area contributed by atoms with Crippen LogP contribution in [-0.2, 0) is 4.79 Å². The molecular formula is C16H17NO2S. The number of amides is 1. The van der Waals surface area contributed by atoms with E-state index in [-0.39, 0.29) is 16.9 Å². The predicted molar refractivity (Wildman–Crippen MR) is 82.1 cm³/mol. The SMILES string of the molecule is O=C1NCCCCC1Sc1ccc(O)c2ccccc12. The van der Waals surface area contributed by atoms with Crippen LogP contribution in [0.25, 0.3) is 10.8 Å². The van der Waals surface area contributed by atoms with Gasteiger partial charge in [-0.05, 0) is 30.4 Å². The van der Waals surface area contributed by atoms with E-state index in [2.05, 4.69) is 5.32 Å². The first-order valence-electron chi connectivity index (χ1n) is 6.91. The Hall–Kier alpha value is -1.68. The third-order valence-corrected chi connectivity index (χ3v) is 4.96. The maximum absolute atomic E-state index is 12.0. The molecule has 3 nitrogen and oxygen atoms in total. The van der Waals surface area contributed by atoms with E-state index in [1.807, 2.05) is 30.3 Å². The summed E-state index contributed by atoms with van der Waals surface area (Å²) in [4.78, 5) is 13.1. The van der Waals surface area contributed by atoms with Gasteiger partial charge in [0.15, 0.2) is 0 Å². The Morgan fingerprint density at radius 3 is 2.75 bits per heavy atom. The molecule has 2 aromatic carbocycles. The molecule has 20 heavy (non-hydrogen) atoms. The van der Waals surface area contributed by atoms with Gasteiger partial charge in [0.05, 0.1) is 5.25 Å². The standard InChI is InChI=1S/C16H17NO2S/c18-13-8-9-14(12-6-2-1-5-11(12)13)20-15-7-3-4-10-17-16(15)19/h1-2,5-6,8-9,15,18H,3-4,7,10H2,(H,17,19). The molecule has 1 fully saturated rings. The van der Waals surface area contributed by atoms with Crippen molar-refractivity contribution in [2.45, 2.75) is 29.4 Å². The zero-order chi connectivity index (χ0) is 13.9. The minimum atomic E-state index is -0.0366. The van der Waals surface area contributed by atoms with E-state index in [4.69, 9.17) is 0 Å². The highest BCUT2D eigenvalue weighted by atomic mass is 32.2. The van der Waals surface area contributed by atoms with Gasteiger partial charge in [0.1, 0.15) is 5.75 Å². The van der Waals surface area contributed by atoms with E-state index in [0.717, 1.165) is 41.5 Å². The third kappa shape index (κ3) is 2.61. The van der Waals surface area contributed by atoms with Gasteiger partial charge in [0.25, 0.3) is 0 Å². The first-order chi connectivity index (χ1) is 9.75. The number of nitrogens with one attached hydrogen (secondary N) is 1. The van der Waals surface area contributed by atoms with Crippen molar-refractivity contribution in [3.63, 3.8) is 0 Å². The van der Waals surface area contributed by atoms with Crippen LogP contribution >= 0.6 is 11.8 Å². The summed E-state index contributed by atoms with van der Waals surface area (Å²) in [5.41, 5.74) is 0. The van der Waals surface area contributed by atoms with Crippen molar-refractivity contribution in [3.8, 4) is 5.75 Å². The van der Waals surface area contributed by atoms with Gasteiger partial charge in [-0.1, -0.05) is 30.7 Å². The molecule has 0 spiro atoms. The fraction of sp³-hybridized carbons (Fsp3) is 0.312. The Balaban J connectivity index is 1.94. The first-order valence-corrected chi connectivity index (χ1v) is 7.79. The molecule has 4 heteroatoms. The quantitative estimate of drug-likeness (QED) is 0.891. The van der Waals surface area contributed by atoms with E-state index >= 15 is 0 Å². The van der Waals surface area contributed by atoms with Gasteiger partial charge in [0, 0.05) is 16.8 Å². The molecule has 1 aliphatic rings. The Morgan fingerprint density at radius 2 is 1.90 bits per heavy atom. The highest BCUT2D eigenvalue weighted by molar-refractivity contribution is 8.00. The van der Waals surface area contributed by atoms with Crippen LogP contribution < -0.4 is 5.32 Å². The highest BCUT2D eigenvalue weighted by Gasteiger charge is 2.22. The lowest BCUT2D eigenvalue weighted by Crippen LogP contribution is -2.30. The predicted octanol–water partition coefficient (Wildman–Crippen LogP) is 3.31. The van der Waals surface area contributed by atoms with Crippen molar-refractivity contribution >= 4 is 28.4 Å². The molecule has 2 N–H and O–H groups in total. The maximum Gasteiger partial charge on any atom is 0.233 e. The maximum atomic E-state index is 12.0. The number of aromatic hydroxyl groups is 1. The molecule has 1 amide bonds. The van der Waals surface area contributed by atoms with Gasteiger partial charge >= 0.3 is 0 Å². The lowest BCUT2D eigenvalue weighted by Gasteiger charge is -2.14. The summed E-state index contributed by atoms with van der Waals surface area (Å²) in [5.74, 6) is 0.417. The fourth-order valence-corrected chi connectivity index (χ4v) is 3.77. The average Bonchev–Trinajstić information content (AvgIpc) is 2.67. The topological polar surface area (TPSA) is 49.3 Å². The largest absolute Gasteiger partial charge is 0.507 e. The lowest BCUT2D eigenvalue weighted by atomic mass is 10.1. The zero-order valence-corrected chi connectivity index (χ0v) is 12.0. The van der Waals surface area contributed by atoms with Gasteiger partial charge in [-0.2, -0.15) is 0 Å². The number of benzene rings is 2. The second kappa shape index (κ2) is 5.75. The summed E-state index contributed by atoms with van der Waals surface area (Å²) in [6.45, 7) is 0.784. The van der Waals surface area contributed by atoms with E-state index in [9.17, 15) is 9.90 Å². The molecule has 104 valence electrons. The Morgan fingerprint density at radius 1 is 1.10 bits per heavy atom.